The lowest BCUT2D eigenvalue weighted by Crippen LogP contribution is -1.89. The molecule has 0 saturated heterocycles. The van der Waals surface area contributed by atoms with Crippen molar-refractivity contribution in [1.82, 2.24) is 0 Å². The molecular weight excluding hydrogens is 129 g/mol. The Morgan fingerprint density at radius 1 is 1.50 bits per heavy atom. The second kappa shape index (κ2) is 2.40. The molecule has 10 heavy (non-hydrogen) atoms. The van der Waals surface area contributed by atoms with Crippen LogP contribution in [0.25, 0.3) is 0 Å². The number of rotatable bonds is 0. The first-order chi connectivity index (χ1) is 4.74. The third kappa shape index (κ3) is 1.08. The fourth-order valence-corrected chi connectivity index (χ4v) is 0.617. The van der Waals surface area contributed by atoms with E-state index in [1.54, 1.807) is 6.07 Å². The van der Waals surface area contributed by atoms with Gasteiger partial charge in [-0.3, -0.25) is 0 Å². The predicted molar refractivity (Wildman–Crippen MR) is 38.7 cm³/mol. The van der Waals surface area contributed by atoms with Crippen molar-refractivity contribution in [2.75, 3.05) is 5.73 Å². The Kier molecular flexibility index (Phi) is 1.59. The van der Waals surface area contributed by atoms with Crippen LogP contribution in [0, 0.1) is 18.2 Å². The first-order valence-corrected chi connectivity index (χ1v) is 2.75. The summed E-state index contributed by atoms with van der Waals surface area (Å²) in [6.45, 7) is 0. The molecule has 1 aromatic carbocycles. The van der Waals surface area contributed by atoms with Crippen LogP contribution in [-0.4, -0.2) is 0 Å². The van der Waals surface area contributed by atoms with Crippen molar-refractivity contribution in [2.24, 2.45) is 0 Å². The first kappa shape index (κ1) is 6.63. The molecule has 0 saturated carbocycles. The maximum Gasteiger partial charge on any atom is 0.147 e. The standard InChI is InChI=1S/C8H6FN/c1-2-6-3-4-8(10)7(9)5-6/h1,3-5H,10H2. The Hall–Kier alpha value is -1.49. The van der Waals surface area contributed by atoms with Crippen LogP contribution >= 0.6 is 0 Å². The molecule has 0 aliphatic carbocycles. The summed E-state index contributed by atoms with van der Waals surface area (Å²) in [6.07, 6.45) is 5.01. The highest BCUT2D eigenvalue weighted by Gasteiger charge is 1.95. The Morgan fingerprint density at radius 3 is 2.70 bits per heavy atom. The minimum atomic E-state index is -0.463. The van der Waals surface area contributed by atoms with Crippen molar-refractivity contribution in [1.29, 1.82) is 0 Å². The maximum atomic E-state index is 12.5. The third-order valence-corrected chi connectivity index (χ3v) is 1.17. The van der Waals surface area contributed by atoms with Gasteiger partial charge < -0.3 is 5.73 Å². The summed E-state index contributed by atoms with van der Waals surface area (Å²) in [5, 5.41) is 0. The second-order valence-electron chi connectivity index (χ2n) is 1.88. The summed E-state index contributed by atoms with van der Waals surface area (Å²) in [4.78, 5) is 0. The smallest absolute Gasteiger partial charge is 0.147 e. The van der Waals surface area contributed by atoms with E-state index < -0.39 is 5.82 Å². The van der Waals surface area contributed by atoms with Crippen molar-refractivity contribution < 1.29 is 4.39 Å². The minimum absolute atomic E-state index is 0.124. The largest absolute Gasteiger partial charge is 0.396 e. The average molecular weight is 135 g/mol. The number of halogens is 1. The van der Waals surface area contributed by atoms with E-state index in [1.807, 2.05) is 0 Å². The lowest BCUT2D eigenvalue weighted by Gasteiger charge is -1.94. The third-order valence-electron chi connectivity index (χ3n) is 1.17. The van der Waals surface area contributed by atoms with E-state index in [0.29, 0.717) is 5.56 Å². The van der Waals surface area contributed by atoms with Crippen LogP contribution in [0.15, 0.2) is 18.2 Å². The average Bonchev–Trinajstić information content (AvgIpc) is 1.95. The molecule has 0 aliphatic heterocycles. The van der Waals surface area contributed by atoms with Gasteiger partial charge in [-0.05, 0) is 18.2 Å². The van der Waals surface area contributed by atoms with Crippen LogP contribution in [0.1, 0.15) is 5.56 Å². The van der Waals surface area contributed by atoms with Gasteiger partial charge in [0, 0.05) is 5.56 Å². The zero-order chi connectivity index (χ0) is 7.56. The monoisotopic (exact) mass is 135 g/mol. The van der Waals surface area contributed by atoms with Gasteiger partial charge in [0.15, 0.2) is 0 Å². The first-order valence-electron chi connectivity index (χ1n) is 2.75. The number of anilines is 1. The zero-order valence-corrected chi connectivity index (χ0v) is 5.26. The van der Waals surface area contributed by atoms with Gasteiger partial charge in [-0.25, -0.2) is 4.39 Å². The molecule has 0 spiro atoms. The molecule has 2 heteroatoms. The van der Waals surface area contributed by atoms with Crippen molar-refractivity contribution in [3.8, 4) is 12.3 Å². The Labute approximate surface area is 58.7 Å². The maximum absolute atomic E-state index is 12.5. The molecule has 0 bridgehead atoms. The van der Waals surface area contributed by atoms with E-state index in [1.165, 1.54) is 12.1 Å². The van der Waals surface area contributed by atoms with E-state index in [-0.39, 0.29) is 5.69 Å². The summed E-state index contributed by atoms with van der Waals surface area (Å²) >= 11 is 0. The van der Waals surface area contributed by atoms with Crippen molar-refractivity contribution >= 4 is 5.69 Å². The molecule has 1 rings (SSSR count). The second-order valence-corrected chi connectivity index (χ2v) is 1.88. The van der Waals surface area contributed by atoms with Gasteiger partial charge >= 0.3 is 0 Å². The minimum Gasteiger partial charge on any atom is -0.396 e. The van der Waals surface area contributed by atoms with Gasteiger partial charge in [0.25, 0.3) is 0 Å². The fourth-order valence-electron chi connectivity index (χ4n) is 0.617. The molecule has 50 valence electrons. The van der Waals surface area contributed by atoms with Gasteiger partial charge in [0.1, 0.15) is 5.82 Å². The molecule has 1 aromatic rings. The van der Waals surface area contributed by atoms with E-state index in [9.17, 15) is 4.39 Å². The fraction of sp³-hybridized carbons (Fsp3) is 0. The Bertz CT molecular complexity index is 286. The number of benzene rings is 1. The number of hydrogen-bond donors (Lipinski definition) is 1. The molecule has 0 fully saturated rings. The molecule has 0 heterocycles. The molecular formula is C8H6FN. The van der Waals surface area contributed by atoms with Crippen LogP contribution in [-0.2, 0) is 0 Å². The van der Waals surface area contributed by atoms with Gasteiger partial charge in [-0.15, -0.1) is 6.42 Å². The highest BCUT2D eigenvalue weighted by atomic mass is 19.1. The van der Waals surface area contributed by atoms with Crippen LogP contribution in [0.3, 0.4) is 0 Å². The quantitative estimate of drug-likeness (QED) is 0.422. The van der Waals surface area contributed by atoms with Crippen LogP contribution in [0.5, 0.6) is 0 Å². The zero-order valence-electron chi connectivity index (χ0n) is 5.26. The molecule has 0 unspecified atom stereocenters. The van der Waals surface area contributed by atoms with Crippen LogP contribution in [0.4, 0.5) is 10.1 Å². The van der Waals surface area contributed by atoms with Crippen molar-refractivity contribution in [3.63, 3.8) is 0 Å². The molecule has 0 atom stereocenters. The Morgan fingerprint density at radius 2 is 2.20 bits per heavy atom. The van der Waals surface area contributed by atoms with Gasteiger partial charge in [0.2, 0.25) is 0 Å². The molecule has 0 radical (unpaired) electrons. The van der Waals surface area contributed by atoms with Crippen molar-refractivity contribution in [2.45, 2.75) is 0 Å². The number of nitrogen functional groups attached to an aromatic ring is 1. The van der Waals surface area contributed by atoms with E-state index in [4.69, 9.17) is 12.2 Å². The molecule has 0 aliphatic rings. The summed E-state index contributed by atoms with van der Waals surface area (Å²) in [6, 6.07) is 4.28. The van der Waals surface area contributed by atoms with Gasteiger partial charge in [-0.1, -0.05) is 5.92 Å². The molecule has 0 aromatic heterocycles. The lowest BCUT2D eigenvalue weighted by atomic mass is 10.2. The number of terminal acetylenes is 1. The topological polar surface area (TPSA) is 26.0 Å². The summed E-state index contributed by atoms with van der Waals surface area (Å²) < 4.78 is 12.5. The summed E-state index contributed by atoms with van der Waals surface area (Å²) in [7, 11) is 0. The van der Waals surface area contributed by atoms with Gasteiger partial charge in [0.05, 0.1) is 5.69 Å². The van der Waals surface area contributed by atoms with E-state index in [2.05, 4.69) is 5.92 Å². The lowest BCUT2D eigenvalue weighted by molar-refractivity contribution is 0.632. The van der Waals surface area contributed by atoms with E-state index in [0.717, 1.165) is 0 Å². The number of nitrogens with two attached hydrogens (primary N) is 1. The molecule has 1 nitrogen and oxygen atoms in total. The van der Waals surface area contributed by atoms with Crippen LogP contribution in [0.2, 0.25) is 0 Å². The number of hydrogen-bond acceptors (Lipinski definition) is 1. The van der Waals surface area contributed by atoms with Crippen molar-refractivity contribution in [3.05, 3.63) is 29.6 Å². The van der Waals surface area contributed by atoms with E-state index >= 15 is 0 Å². The highest BCUT2D eigenvalue weighted by Crippen LogP contribution is 2.10. The SMILES string of the molecule is C#Cc1ccc(N)c(F)c1. The molecule has 2 N–H and O–H groups in total. The van der Waals surface area contributed by atoms with Gasteiger partial charge in [-0.2, -0.15) is 0 Å². The normalized spacial score (nSPS) is 8.80. The molecule has 0 amide bonds. The highest BCUT2D eigenvalue weighted by molar-refractivity contribution is 5.45. The van der Waals surface area contributed by atoms with Crippen LogP contribution < -0.4 is 5.73 Å². The summed E-state index contributed by atoms with van der Waals surface area (Å²) in [5.74, 6) is 1.84. The Balaban J connectivity index is 3.20. The summed E-state index contributed by atoms with van der Waals surface area (Å²) in [5.41, 5.74) is 5.83. The predicted octanol–water partition coefficient (Wildman–Crippen LogP) is 1.39.